The molecule has 1 aromatic carbocycles. The second-order valence-electron chi connectivity index (χ2n) is 4.68. The zero-order valence-corrected chi connectivity index (χ0v) is 14.2. The van der Waals surface area contributed by atoms with E-state index in [1.165, 1.54) is 7.11 Å². The highest BCUT2D eigenvalue weighted by molar-refractivity contribution is 7.82. The molecule has 23 heavy (non-hydrogen) atoms. The fourth-order valence-electron chi connectivity index (χ4n) is 1.76. The summed E-state index contributed by atoms with van der Waals surface area (Å²) in [5.41, 5.74) is 1.37. The van der Waals surface area contributed by atoms with Crippen LogP contribution < -0.4 is 10.0 Å². The van der Waals surface area contributed by atoms with Crippen molar-refractivity contribution in [3.63, 3.8) is 0 Å². The van der Waals surface area contributed by atoms with Crippen LogP contribution in [0.5, 0.6) is 0 Å². The van der Waals surface area contributed by atoms with Gasteiger partial charge in [-0.15, -0.1) is 0 Å². The van der Waals surface area contributed by atoms with Crippen molar-refractivity contribution in [2.45, 2.75) is 12.8 Å². The number of hydrogen-bond donors (Lipinski definition) is 2. The number of ether oxygens (including phenoxy) is 1. The van der Waals surface area contributed by atoms with Gasteiger partial charge in [0.25, 0.3) is 5.91 Å². The second kappa shape index (κ2) is 10.7. The van der Waals surface area contributed by atoms with Crippen LogP contribution in [0.2, 0.25) is 0 Å². The summed E-state index contributed by atoms with van der Waals surface area (Å²) in [6.45, 7) is -0.155. The average molecular weight is 338 g/mol. The largest absolute Gasteiger partial charge is 0.468 e. The highest BCUT2D eigenvalue weighted by Gasteiger charge is 2.07. The minimum absolute atomic E-state index is 0.155. The predicted molar refractivity (Wildman–Crippen MR) is 91.1 cm³/mol. The van der Waals surface area contributed by atoms with Crippen LogP contribution in [0.25, 0.3) is 6.08 Å². The van der Waals surface area contributed by atoms with Crippen LogP contribution in [0.3, 0.4) is 0 Å². The first-order chi connectivity index (χ1) is 11.1. The lowest BCUT2D eigenvalue weighted by atomic mass is 10.1. The van der Waals surface area contributed by atoms with Gasteiger partial charge in [0, 0.05) is 11.3 Å². The van der Waals surface area contributed by atoms with Gasteiger partial charge in [-0.1, -0.05) is 24.3 Å². The quantitative estimate of drug-likeness (QED) is 0.524. The fraction of sp³-hybridized carbons (Fsp3) is 0.375. The molecule has 1 amide bonds. The Morgan fingerprint density at radius 3 is 2.83 bits per heavy atom. The van der Waals surface area contributed by atoms with Crippen LogP contribution in [0.15, 0.2) is 30.3 Å². The lowest BCUT2D eigenvalue weighted by molar-refractivity contribution is -0.139. The number of methoxy groups -OCH3 is 1. The Bertz CT molecular complexity index is 587. The summed E-state index contributed by atoms with van der Waals surface area (Å²) in [5.74, 6) is -0.208. The number of hydrogen-bond acceptors (Lipinski definition) is 4. The van der Waals surface area contributed by atoms with E-state index in [1.807, 2.05) is 18.2 Å². The molecule has 2 N–H and O–H groups in total. The normalized spacial score (nSPS) is 12.1. The van der Waals surface area contributed by atoms with Gasteiger partial charge >= 0.3 is 5.97 Å². The van der Waals surface area contributed by atoms with Gasteiger partial charge in [-0.25, -0.2) is 8.93 Å². The molecule has 7 heteroatoms. The number of carbonyl (C=O) groups excluding carboxylic acids is 2. The molecule has 126 valence electrons. The number of esters is 1. The molecular weight excluding hydrogens is 316 g/mol. The lowest BCUT2D eigenvalue weighted by Gasteiger charge is -2.04. The van der Waals surface area contributed by atoms with Gasteiger partial charge in [-0.2, -0.15) is 0 Å². The fourth-order valence-corrected chi connectivity index (χ4v) is 2.40. The summed E-state index contributed by atoms with van der Waals surface area (Å²) in [5, 5.41) is 2.49. The summed E-state index contributed by atoms with van der Waals surface area (Å²) in [7, 11) is 1.97. The van der Waals surface area contributed by atoms with Gasteiger partial charge in [0.1, 0.15) is 6.54 Å². The molecule has 0 heterocycles. The molecule has 0 aliphatic rings. The first-order valence-electron chi connectivity index (χ1n) is 7.24. The van der Waals surface area contributed by atoms with Crippen molar-refractivity contribution in [2.24, 2.45) is 0 Å². The number of carbonyl (C=O) groups is 2. The smallest absolute Gasteiger partial charge is 0.325 e. The molecule has 0 saturated carbocycles. The Kier molecular flexibility index (Phi) is 8.86. The van der Waals surface area contributed by atoms with E-state index >= 15 is 0 Å². The third-order valence-corrected chi connectivity index (χ3v) is 4.12. The van der Waals surface area contributed by atoms with Gasteiger partial charge in [0.15, 0.2) is 0 Å². The van der Waals surface area contributed by atoms with E-state index in [4.69, 9.17) is 0 Å². The number of unbranched alkanes of at least 4 members (excludes halogenated alkanes) is 1. The maximum atomic E-state index is 11.9. The standard InChI is InChI=1S/C16H22N2O4S/c1-17-23(21)10-5-3-4-7-13-8-6-9-14(11-13)16(20)18-12-15(19)22-2/h4,6-9,11,17H,3,5,10,12H2,1-2H3,(H,18,20)/b7-4-. The van der Waals surface area contributed by atoms with Crippen LogP contribution in [0.1, 0.15) is 28.8 Å². The Balaban J connectivity index is 2.50. The minimum atomic E-state index is -0.967. The van der Waals surface area contributed by atoms with E-state index in [-0.39, 0.29) is 12.5 Å². The van der Waals surface area contributed by atoms with Gasteiger partial charge in [0.05, 0.1) is 18.1 Å². The molecule has 0 fully saturated rings. The number of rotatable bonds is 9. The molecule has 0 radical (unpaired) electrons. The van der Waals surface area contributed by atoms with Crippen LogP contribution in [-0.2, 0) is 20.5 Å². The third kappa shape index (κ3) is 7.71. The van der Waals surface area contributed by atoms with E-state index in [0.717, 1.165) is 18.4 Å². The van der Waals surface area contributed by atoms with Crippen molar-refractivity contribution >= 4 is 28.9 Å². The number of allylic oxidation sites excluding steroid dienone is 1. The monoisotopic (exact) mass is 338 g/mol. The van der Waals surface area contributed by atoms with Crippen molar-refractivity contribution < 1.29 is 18.5 Å². The Morgan fingerprint density at radius 2 is 2.13 bits per heavy atom. The van der Waals surface area contributed by atoms with Crippen molar-refractivity contribution in [3.8, 4) is 0 Å². The maximum absolute atomic E-state index is 11.9. The zero-order valence-electron chi connectivity index (χ0n) is 13.3. The minimum Gasteiger partial charge on any atom is -0.468 e. The molecule has 1 atom stereocenters. The maximum Gasteiger partial charge on any atom is 0.325 e. The summed E-state index contributed by atoms with van der Waals surface area (Å²) in [6, 6.07) is 7.09. The van der Waals surface area contributed by atoms with Crippen molar-refractivity contribution in [3.05, 3.63) is 41.5 Å². The highest BCUT2D eigenvalue weighted by atomic mass is 32.2. The van der Waals surface area contributed by atoms with E-state index in [9.17, 15) is 13.8 Å². The summed E-state index contributed by atoms with van der Waals surface area (Å²) in [4.78, 5) is 22.9. The van der Waals surface area contributed by atoms with Crippen LogP contribution in [0.4, 0.5) is 0 Å². The second-order valence-corrected chi connectivity index (χ2v) is 6.19. The number of amides is 1. The third-order valence-electron chi connectivity index (χ3n) is 3.01. The molecule has 0 aromatic heterocycles. The van der Waals surface area contributed by atoms with Crippen molar-refractivity contribution in [1.29, 1.82) is 0 Å². The van der Waals surface area contributed by atoms with Crippen LogP contribution in [0, 0.1) is 0 Å². The topological polar surface area (TPSA) is 84.5 Å². The van der Waals surface area contributed by atoms with Crippen LogP contribution in [-0.4, -0.2) is 42.5 Å². The molecule has 1 aromatic rings. The average Bonchev–Trinajstić information content (AvgIpc) is 2.58. The predicted octanol–water partition coefficient (Wildman–Crippen LogP) is 1.27. The van der Waals surface area contributed by atoms with E-state index in [0.29, 0.717) is 11.3 Å². The first kappa shape index (κ1) is 19.1. The van der Waals surface area contributed by atoms with Crippen molar-refractivity contribution in [1.82, 2.24) is 10.0 Å². The first-order valence-corrected chi connectivity index (χ1v) is 8.56. The molecule has 0 bridgehead atoms. The number of nitrogens with one attached hydrogen (secondary N) is 2. The van der Waals surface area contributed by atoms with E-state index < -0.39 is 17.0 Å². The van der Waals surface area contributed by atoms with E-state index in [1.54, 1.807) is 25.2 Å². The Hall–Kier alpha value is -1.99. The molecule has 0 spiro atoms. The van der Waals surface area contributed by atoms with E-state index in [2.05, 4.69) is 14.8 Å². The Morgan fingerprint density at radius 1 is 1.35 bits per heavy atom. The highest BCUT2D eigenvalue weighted by Crippen LogP contribution is 2.08. The lowest BCUT2D eigenvalue weighted by Crippen LogP contribution is -2.30. The summed E-state index contributed by atoms with van der Waals surface area (Å²) < 4.78 is 18.4. The zero-order chi connectivity index (χ0) is 17.1. The molecule has 1 rings (SSSR count). The molecule has 0 aliphatic carbocycles. The van der Waals surface area contributed by atoms with Gasteiger partial charge in [0.2, 0.25) is 0 Å². The molecular formula is C16H22N2O4S. The molecule has 1 unspecified atom stereocenters. The van der Waals surface area contributed by atoms with Gasteiger partial charge in [-0.05, 0) is 37.6 Å². The molecule has 6 nitrogen and oxygen atoms in total. The molecule has 0 aliphatic heterocycles. The Labute approximate surface area is 138 Å². The van der Waals surface area contributed by atoms with Crippen LogP contribution >= 0.6 is 0 Å². The van der Waals surface area contributed by atoms with Crippen molar-refractivity contribution in [2.75, 3.05) is 26.5 Å². The van der Waals surface area contributed by atoms with Gasteiger partial charge < -0.3 is 10.1 Å². The SMILES string of the molecule is CNS(=O)CCC/C=C\c1cccc(C(=O)NCC(=O)OC)c1. The molecule has 0 saturated heterocycles. The summed E-state index contributed by atoms with van der Waals surface area (Å²) in [6.07, 6.45) is 5.53. The van der Waals surface area contributed by atoms with Gasteiger partial charge in [-0.3, -0.25) is 9.59 Å². The summed E-state index contributed by atoms with van der Waals surface area (Å²) >= 11 is 0. The number of benzene rings is 1.